The summed E-state index contributed by atoms with van der Waals surface area (Å²) in [5.41, 5.74) is 2.89. The van der Waals surface area contributed by atoms with E-state index in [1.54, 1.807) is 14.2 Å². The zero-order valence-corrected chi connectivity index (χ0v) is 10.1. The molecule has 0 fully saturated rings. The summed E-state index contributed by atoms with van der Waals surface area (Å²) in [5, 5.41) is -0.531. The highest BCUT2D eigenvalue weighted by Crippen LogP contribution is 2.31. The number of halogens is 1. The van der Waals surface area contributed by atoms with E-state index in [-0.39, 0.29) is 0 Å². The lowest BCUT2D eigenvalue weighted by Crippen LogP contribution is -2.20. The lowest BCUT2D eigenvalue weighted by Gasteiger charge is -2.18. The van der Waals surface area contributed by atoms with Crippen LogP contribution < -0.4 is 9.64 Å². The zero-order valence-electron chi connectivity index (χ0n) is 9.30. The highest BCUT2D eigenvalue weighted by molar-refractivity contribution is 6.66. The molecule has 0 saturated carbocycles. The number of methoxy groups -OCH3 is 1. The first-order chi connectivity index (χ1) is 6.97. The highest BCUT2D eigenvalue weighted by Gasteiger charge is 2.14. The monoisotopic (exact) mass is 227 g/mol. The second-order valence-electron chi connectivity index (χ2n) is 3.42. The topological polar surface area (TPSA) is 29.5 Å². The van der Waals surface area contributed by atoms with E-state index >= 15 is 0 Å². The molecule has 0 aliphatic carbocycles. The van der Waals surface area contributed by atoms with Gasteiger partial charge >= 0.3 is 5.37 Å². The van der Waals surface area contributed by atoms with Crippen molar-refractivity contribution in [1.82, 2.24) is 0 Å². The predicted octanol–water partition coefficient (Wildman–Crippen LogP) is 3.11. The number of carbonyl (C=O) groups is 1. The molecule has 0 heterocycles. The van der Waals surface area contributed by atoms with Gasteiger partial charge in [-0.3, -0.25) is 9.69 Å². The van der Waals surface area contributed by atoms with Crippen molar-refractivity contribution in [2.75, 3.05) is 19.1 Å². The molecule has 0 spiro atoms. The molecule has 0 N–H and O–H groups in total. The molecular formula is C11H14ClNO2. The first-order valence-electron chi connectivity index (χ1n) is 4.55. The number of rotatable bonds is 2. The number of amides is 1. The van der Waals surface area contributed by atoms with E-state index in [2.05, 4.69) is 0 Å². The minimum absolute atomic E-state index is 0.531. The Morgan fingerprint density at radius 1 is 1.33 bits per heavy atom. The molecule has 0 saturated heterocycles. The average Bonchev–Trinajstić information content (AvgIpc) is 2.20. The molecular weight excluding hydrogens is 214 g/mol. The zero-order chi connectivity index (χ0) is 11.6. The summed E-state index contributed by atoms with van der Waals surface area (Å²) in [4.78, 5) is 12.4. The van der Waals surface area contributed by atoms with Crippen LogP contribution in [-0.4, -0.2) is 19.5 Å². The van der Waals surface area contributed by atoms with Crippen LogP contribution in [0, 0.1) is 13.8 Å². The van der Waals surface area contributed by atoms with Crippen molar-refractivity contribution in [1.29, 1.82) is 0 Å². The summed E-state index contributed by atoms with van der Waals surface area (Å²) in [6.45, 7) is 3.97. The van der Waals surface area contributed by atoms with Crippen molar-refractivity contribution in [3.05, 3.63) is 23.3 Å². The van der Waals surface area contributed by atoms with Crippen LogP contribution in [0.1, 0.15) is 11.1 Å². The molecule has 4 heteroatoms. The molecule has 1 amide bonds. The molecule has 0 radical (unpaired) electrons. The number of hydrogen-bond acceptors (Lipinski definition) is 2. The fourth-order valence-corrected chi connectivity index (χ4v) is 1.39. The van der Waals surface area contributed by atoms with Gasteiger partial charge in [0.05, 0.1) is 12.8 Å². The summed E-state index contributed by atoms with van der Waals surface area (Å²) in [6, 6.07) is 3.77. The maximum Gasteiger partial charge on any atom is 0.320 e. The molecule has 0 aromatic heterocycles. The Morgan fingerprint density at radius 3 is 2.33 bits per heavy atom. The average molecular weight is 228 g/mol. The highest BCUT2D eigenvalue weighted by atomic mass is 35.5. The Morgan fingerprint density at radius 2 is 1.87 bits per heavy atom. The van der Waals surface area contributed by atoms with Gasteiger partial charge in [-0.15, -0.1) is 0 Å². The number of hydrogen-bond donors (Lipinski definition) is 0. The van der Waals surface area contributed by atoms with Crippen molar-refractivity contribution < 1.29 is 9.53 Å². The molecule has 3 nitrogen and oxygen atoms in total. The van der Waals surface area contributed by atoms with Gasteiger partial charge < -0.3 is 4.74 Å². The van der Waals surface area contributed by atoms with Crippen molar-refractivity contribution >= 4 is 22.7 Å². The van der Waals surface area contributed by atoms with Crippen LogP contribution in [0.4, 0.5) is 10.5 Å². The molecule has 0 aliphatic heterocycles. The largest absolute Gasteiger partial charge is 0.495 e. The first kappa shape index (κ1) is 11.9. The van der Waals surface area contributed by atoms with E-state index in [4.69, 9.17) is 16.3 Å². The van der Waals surface area contributed by atoms with Gasteiger partial charge in [-0.2, -0.15) is 0 Å². The third kappa shape index (κ3) is 2.42. The normalized spacial score (nSPS) is 9.93. The number of carbonyl (C=O) groups excluding carboxylic acids is 1. The van der Waals surface area contributed by atoms with Gasteiger partial charge in [-0.1, -0.05) is 0 Å². The van der Waals surface area contributed by atoms with Crippen LogP contribution in [0.2, 0.25) is 0 Å². The van der Waals surface area contributed by atoms with Crippen LogP contribution >= 0.6 is 11.6 Å². The molecule has 1 rings (SSSR count). The summed E-state index contributed by atoms with van der Waals surface area (Å²) >= 11 is 5.42. The minimum atomic E-state index is -0.531. The van der Waals surface area contributed by atoms with Crippen molar-refractivity contribution in [2.45, 2.75) is 13.8 Å². The minimum Gasteiger partial charge on any atom is -0.495 e. The van der Waals surface area contributed by atoms with Gasteiger partial charge in [-0.25, -0.2) is 0 Å². The summed E-state index contributed by atoms with van der Waals surface area (Å²) in [5.74, 6) is 0.648. The Balaban J connectivity index is 3.27. The van der Waals surface area contributed by atoms with E-state index in [1.807, 2.05) is 26.0 Å². The van der Waals surface area contributed by atoms with Crippen LogP contribution in [0.3, 0.4) is 0 Å². The lowest BCUT2D eigenvalue weighted by molar-refractivity contribution is 0.265. The molecule has 1 aromatic carbocycles. The number of nitrogens with zero attached hydrogens (tertiary/aromatic N) is 1. The predicted molar refractivity (Wildman–Crippen MR) is 62.1 cm³/mol. The maximum absolute atomic E-state index is 11.0. The SMILES string of the molecule is COc1cc(C)c(C)cc1N(C)C(=O)Cl. The van der Waals surface area contributed by atoms with Gasteiger partial charge in [0.25, 0.3) is 0 Å². The number of benzene rings is 1. The summed E-state index contributed by atoms with van der Waals surface area (Å²) in [7, 11) is 3.18. The number of ether oxygens (including phenoxy) is 1. The Kier molecular flexibility index (Phi) is 3.58. The number of anilines is 1. The summed E-state index contributed by atoms with van der Waals surface area (Å²) in [6.07, 6.45) is 0. The fraction of sp³-hybridized carbons (Fsp3) is 0.364. The molecule has 0 bridgehead atoms. The molecule has 1 aromatic rings. The first-order valence-corrected chi connectivity index (χ1v) is 4.93. The second kappa shape index (κ2) is 4.53. The van der Waals surface area contributed by atoms with Gasteiger partial charge in [0.2, 0.25) is 0 Å². The third-order valence-electron chi connectivity index (χ3n) is 2.42. The van der Waals surface area contributed by atoms with E-state index in [0.717, 1.165) is 11.1 Å². The van der Waals surface area contributed by atoms with Crippen LogP contribution in [0.5, 0.6) is 5.75 Å². The van der Waals surface area contributed by atoms with Gasteiger partial charge in [0.15, 0.2) is 0 Å². The Hall–Kier alpha value is -1.22. The van der Waals surface area contributed by atoms with Crippen LogP contribution in [0.25, 0.3) is 0 Å². The molecule has 15 heavy (non-hydrogen) atoms. The molecule has 0 atom stereocenters. The molecule has 0 aliphatic rings. The van der Waals surface area contributed by atoms with Crippen molar-refractivity contribution in [3.63, 3.8) is 0 Å². The van der Waals surface area contributed by atoms with E-state index in [1.165, 1.54) is 4.90 Å². The van der Waals surface area contributed by atoms with Crippen molar-refractivity contribution in [2.24, 2.45) is 0 Å². The Labute approximate surface area is 94.6 Å². The smallest absolute Gasteiger partial charge is 0.320 e. The van der Waals surface area contributed by atoms with Gasteiger partial charge in [-0.05, 0) is 48.7 Å². The summed E-state index contributed by atoms with van der Waals surface area (Å²) < 4.78 is 5.20. The maximum atomic E-state index is 11.0. The van der Waals surface area contributed by atoms with E-state index in [9.17, 15) is 4.79 Å². The molecule has 82 valence electrons. The van der Waals surface area contributed by atoms with Crippen LogP contribution in [0.15, 0.2) is 12.1 Å². The second-order valence-corrected chi connectivity index (χ2v) is 3.74. The standard InChI is InChI=1S/C11H14ClNO2/c1-7-5-9(13(3)11(12)14)10(15-4)6-8(7)2/h5-6H,1-4H3. The van der Waals surface area contributed by atoms with Crippen LogP contribution in [-0.2, 0) is 0 Å². The van der Waals surface area contributed by atoms with Crippen molar-refractivity contribution in [3.8, 4) is 5.75 Å². The van der Waals surface area contributed by atoms with Gasteiger partial charge in [0, 0.05) is 7.05 Å². The quantitative estimate of drug-likeness (QED) is 0.574. The Bertz CT molecular complexity index is 390. The lowest BCUT2D eigenvalue weighted by atomic mass is 10.1. The molecule has 0 unspecified atom stereocenters. The fourth-order valence-electron chi connectivity index (χ4n) is 1.29. The number of aryl methyl sites for hydroxylation is 2. The van der Waals surface area contributed by atoms with E-state index in [0.29, 0.717) is 11.4 Å². The van der Waals surface area contributed by atoms with E-state index < -0.39 is 5.37 Å². The van der Waals surface area contributed by atoms with Gasteiger partial charge in [0.1, 0.15) is 5.75 Å². The third-order valence-corrected chi connectivity index (χ3v) is 2.67.